The maximum Gasteiger partial charge on any atom is 0.307 e. The molecular formula is C19H30N2O3. The quantitative estimate of drug-likeness (QED) is 0.784. The molecule has 0 saturated heterocycles. The lowest BCUT2D eigenvalue weighted by atomic mass is 9.86. The minimum absolute atomic E-state index is 0.0448. The topological polar surface area (TPSA) is 81.4 Å². The minimum Gasteiger partial charge on any atom is -0.469 e. The molecule has 1 rings (SSSR count). The van der Waals surface area contributed by atoms with E-state index in [-0.39, 0.29) is 35.7 Å². The van der Waals surface area contributed by atoms with Crippen LogP contribution in [-0.4, -0.2) is 25.0 Å². The van der Waals surface area contributed by atoms with Crippen molar-refractivity contribution in [3.8, 4) is 0 Å². The van der Waals surface area contributed by atoms with Gasteiger partial charge in [-0.15, -0.1) is 0 Å². The van der Waals surface area contributed by atoms with Crippen LogP contribution >= 0.6 is 0 Å². The molecule has 0 aromatic heterocycles. The van der Waals surface area contributed by atoms with Crippen molar-refractivity contribution in [3.63, 3.8) is 0 Å². The first-order valence-electron chi connectivity index (χ1n) is 8.29. The van der Waals surface area contributed by atoms with Gasteiger partial charge in [0.1, 0.15) is 0 Å². The van der Waals surface area contributed by atoms with Gasteiger partial charge >= 0.3 is 5.97 Å². The van der Waals surface area contributed by atoms with Crippen molar-refractivity contribution in [1.82, 2.24) is 5.32 Å². The number of nitrogens with two attached hydrogens (primary N) is 1. The van der Waals surface area contributed by atoms with Crippen molar-refractivity contribution in [2.75, 3.05) is 7.11 Å². The first-order valence-corrected chi connectivity index (χ1v) is 8.29. The van der Waals surface area contributed by atoms with Gasteiger partial charge in [-0.2, -0.15) is 0 Å². The molecule has 0 aliphatic carbocycles. The molecule has 0 aliphatic rings. The Morgan fingerprint density at radius 2 is 1.71 bits per heavy atom. The summed E-state index contributed by atoms with van der Waals surface area (Å²) in [6, 6.07) is 7.27. The van der Waals surface area contributed by atoms with Gasteiger partial charge in [0.05, 0.1) is 19.6 Å². The molecular weight excluding hydrogens is 304 g/mol. The van der Waals surface area contributed by atoms with Crippen LogP contribution in [-0.2, 0) is 19.7 Å². The number of esters is 1. The van der Waals surface area contributed by atoms with Crippen molar-refractivity contribution in [2.45, 2.75) is 58.5 Å². The fourth-order valence-corrected chi connectivity index (χ4v) is 2.26. The minimum atomic E-state index is -0.430. The Hall–Kier alpha value is -1.88. The lowest BCUT2D eigenvalue weighted by molar-refractivity contribution is -0.141. The molecule has 3 unspecified atom stereocenters. The van der Waals surface area contributed by atoms with Crippen LogP contribution in [0.4, 0.5) is 0 Å². The highest BCUT2D eigenvalue weighted by Crippen LogP contribution is 2.25. The molecule has 0 radical (unpaired) electrons. The zero-order chi connectivity index (χ0) is 18.5. The molecule has 0 bridgehead atoms. The lowest BCUT2D eigenvalue weighted by Crippen LogP contribution is -2.40. The Morgan fingerprint density at radius 1 is 1.17 bits per heavy atom. The first-order chi connectivity index (χ1) is 11.1. The van der Waals surface area contributed by atoms with E-state index < -0.39 is 6.04 Å². The van der Waals surface area contributed by atoms with Crippen molar-refractivity contribution < 1.29 is 14.3 Å². The molecule has 0 spiro atoms. The smallest absolute Gasteiger partial charge is 0.307 e. The predicted octanol–water partition coefficient (Wildman–Crippen LogP) is 2.69. The molecule has 3 N–H and O–H groups in total. The molecule has 134 valence electrons. The summed E-state index contributed by atoms with van der Waals surface area (Å²) in [5.74, 6) is -0.869. The number of amides is 1. The molecule has 0 fully saturated rings. The van der Waals surface area contributed by atoms with Crippen LogP contribution in [0, 0.1) is 5.92 Å². The number of hydrogen-bond donors (Lipinski definition) is 2. The number of ether oxygens (including phenoxy) is 1. The maximum atomic E-state index is 12.3. The third-order valence-corrected chi connectivity index (χ3v) is 4.30. The summed E-state index contributed by atoms with van der Waals surface area (Å²) in [6.45, 7) is 9.98. The molecule has 1 amide bonds. The number of rotatable bonds is 6. The number of nitrogens with one attached hydrogen (secondary N) is 1. The van der Waals surface area contributed by atoms with Gasteiger partial charge in [0, 0.05) is 12.0 Å². The normalized spacial score (nSPS) is 15.3. The highest BCUT2D eigenvalue weighted by atomic mass is 16.5. The van der Waals surface area contributed by atoms with E-state index in [1.165, 1.54) is 12.7 Å². The number of carbonyl (C=O) groups is 2. The number of methoxy groups -OCH3 is 1. The van der Waals surface area contributed by atoms with Gasteiger partial charge in [0.15, 0.2) is 0 Å². The van der Waals surface area contributed by atoms with E-state index in [4.69, 9.17) is 10.5 Å². The summed E-state index contributed by atoms with van der Waals surface area (Å²) in [5.41, 5.74) is 7.91. The molecule has 1 aromatic carbocycles. The Morgan fingerprint density at radius 3 is 2.12 bits per heavy atom. The predicted molar refractivity (Wildman–Crippen MR) is 95.5 cm³/mol. The number of benzene rings is 1. The van der Waals surface area contributed by atoms with Crippen LogP contribution < -0.4 is 11.1 Å². The molecule has 5 nitrogen and oxygen atoms in total. The van der Waals surface area contributed by atoms with Crippen LogP contribution in [0.5, 0.6) is 0 Å². The van der Waals surface area contributed by atoms with E-state index in [2.05, 4.69) is 26.1 Å². The van der Waals surface area contributed by atoms with E-state index in [0.29, 0.717) is 0 Å². The second-order valence-corrected chi connectivity index (χ2v) is 7.36. The second-order valence-electron chi connectivity index (χ2n) is 7.36. The van der Waals surface area contributed by atoms with E-state index in [1.807, 2.05) is 24.3 Å². The molecule has 24 heavy (non-hydrogen) atoms. The monoisotopic (exact) mass is 334 g/mol. The highest BCUT2D eigenvalue weighted by molar-refractivity contribution is 5.80. The lowest BCUT2D eigenvalue weighted by Gasteiger charge is -2.24. The summed E-state index contributed by atoms with van der Waals surface area (Å²) < 4.78 is 4.75. The molecule has 0 heterocycles. The van der Waals surface area contributed by atoms with Crippen molar-refractivity contribution in [2.24, 2.45) is 11.7 Å². The molecule has 0 aliphatic heterocycles. The summed E-state index contributed by atoms with van der Waals surface area (Å²) in [4.78, 5) is 24.0. The zero-order valence-corrected chi connectivity index (χ0v) is 15.6. The van der Waals surface area contributed by atoms with Crippen molar-refractivity contribution >= 4 is 11.9 Å². The third-order valence-electron chi connectivity index (χ3n) is 4.30. The number of hydrogen-bond acceptors (Lipinski definition) is 4. The van der Waals surface area contributed by atoms with Gasteiger partial charge in [-0.3, -0.25) is 9.59 Å². The van der Waals surface area contributed by atoms with Crippen molar-refractivity contribution in [3.05, 3.63) is 35.4 Å². The van der Waals surface area contributed by atoms with E-state index >= 15 is 0 Å². The van der Waals surface area contributed by atoms with Crippen LogP contribution in [0.15, 0.2) is 24.3 Å². The van der Waals surface area contributed by atoms with Gasteiger partial charge in [0.25, 0.3) is 0 Å². The maximum absolute atomic E-state index is 12.3. The van der Waals surface area contributed by atoms with E-state index in [1.54, 1.807) is 13.8 Å². The summed E-state index contributed by atoms with van der Waals surface area (Å²) in [5, 5.41) is 2.92. The number of carbonyl (C=O) groups excluding carboxylic acids is 2. The fraction of sp³-hybridized carbons (Fsp3) is 0.579. The van der Waals surface area contributed by atoms with Crippen LogP contribution in [0.1, 0.15) is 58.2 Å². The van der Waals surface area contributed by atoms with E-state index in [0.717, 1.165) is 5.56 Å². The first kappa shape index (κ1) is 20.2. The van der Waals surface area contributed by atoms with E-state index in [9.17, 15) is 9.59 Å². The summed E-state index contributed by atoms with van der Waals surface area (Å²) in [6.07, 6.45) is 0.0861. The molecule has 5 heteroatoms. The van der Waals surface area contributed by atoms with Crippen LogP contribution in [0.3, 0.4) is 0 Å². The second kappa shape index (κ2) is 8.29. The average molecular weight is 334 g/mol. The summed E-state index contributed by atoms with van der Waals surface area (Å²) >= 11 is 0. The molecule has 0 saturated carbocycles. The third kappa shape index (κ3) is 5.64. The van der Waals surface area contributed by atoms with Gasteiger partial charge < -0.3 is 15.8 Å². The van der Waals surface area contributed by atoms with Gasteiger partial charge in [-0.25, -0.2) is 0 Å². The zero-order valence-electron chi connectivity index (χ0n) is 15.6. The molecule has 1 aromatic rings. The Bertz CT molecular complexity index is 559. The van der Waals surface area contributed by atoms with Gasteiger partial charge in [0.2, 0.25) is 5.91 Å². The largest absolute Gasteiger partial charge is 0.469 e. The molecule has 3 atom stereocenters. The standard InChI is InChI=1S/C19H30N2O3/c1-12(13(2)20)18(23)21-16(11-17(22)24-6)14-7-9-15(10-8-14)19(3,4)5/h7-10,12-13,16H,11,20H2,1-6H3,(H,21,23). The van der Waals surface area contributed by atoms with Crippen LogP contribution in [0.2, 0.25) is 0 Å². The highest BCUT2D eigenvalue weighted by Gasteiger charge is 2.24. The Balaban J connectivity index is 3.01. The van der Waals surface area contributed by atoms with Crippen molar-refractivity contribution in [1.29, 1.82) is 0 Å². The average Bonchev–Trinajstić information content (AvgIpc) is 2.52. The summed E-state index contributed by atoms with van der Waals surface area (Å²) in [7, 11) is 1.34. The Kier molecular flexibility index (Phi) is 6.96. The van der Waals surface area contributed by atoms with Gasteiger partial charge in [-0.05, 0) is 23.5 Å². The van der Waals surface area contributed by atoms with Gasteiger partial charge in [-0.1, -0.05) is 52.0 Å². The fourth-order valence-electron chi connectivity index (χ4n) is 2.26. The Labute approximate surface area is 145 Å². The SMILES string of the molecule is COC(=O)CC(NC(=O)C(C)C(C)N)c1ccc(C(C)(C)C)cc1. The van der Waals surface area contributed by atoms with Crippen LogP contribution in [0.25, 0.3) is 0 Å².